The van der Waals surface area contributed by atoms with E-state index in [9.17, 15) is 13.2 Å². The molecule has 15 heavy (non-hydrogen) atoms. The molecule has 0 aliphatic carbocycles. The van der Waals surface area contributed by atoms with Gasteiger partial charge in [0.05, 0.1) is 0 Å². The van der Waals surface area contributed by atoms with Crippen molar-refractivity contribution in [2.75, 3.05) is 6.54 Å². The summed E-state index contributed by atoms with van der Waals surface area (Å²) in [5.41, 5.74) is 0. The second-order valence-electron chi connectivity index (χ2n) is 3.93. The van der Waals surface area contributed by atoms with E-state index in [1.54, 1.807) is 13.8 Å². The van der Waals surface area contributed by atoms with Gasteiger partial charge in [-0.3, -0.25) is 9.91 Å². The fourth-order valence-electron chi connectivity index (χ4n) is 1.70. The molecular weight excluding hydrogens is 207 g/mol. The highest BCUT2D eigenvalue weighted by atomic mass is 19.4. The molecule has 1 aliphatic heterocycles. The van der Waals surface area contributed by atoms with Gasteiger partial charge in [0.15, 0.2) is 0 Å². The Labute approximate surface area is 87.5 Å². The lowest BCUT2D eigenvalue weighted by Crippen LogP contribution is -2.50. The first-order chi connectivity index (χ1) is 6.88. The second kappa shape index (κ2) is 4.28. The molecule has 0 saturated heterocycles. The molecule has 0 saturated carbocycles. The molecule has 6 heteroatoms. The third kappa shape index (κ3) is 2.54. The standard InChI is InChI=1S/C9H16F3N3/c1-4-5-15-8(7(2)3)14(6-13-15)9(10,11)12/h6-8H,4-5H2,1-3H3. The van der Waals surface area contributed by atoms with E-state index in [1.807, 2.05) is 6.92 Å². The smallest absolute Gasteiger partial charge is 0.273 e. The van der Waals surface area contributed by atoms with E-state index in [2.05, 4.69) is 5.10 Å². The second-order valence-corrected chi connectivity index (χ2v) is 3.93. The summed E-state index contributed by atoms with van der Waals surface area (Å²) < 4.78 is 37.8. The Morgan fingerprint density at radius 3 is 2.40 bits per heavy atom. The lowest BCUT2D eigenvalue weighted by Gasteiger charge is -2.34. The molecule has 0 aromatic rings. The van der Waals surface area contributed by atoms with E-state index in [0.717, 1.165) is 12.8 Å². The minimum atomic E-state index is -4.35. The molecule has 1 rings (SSSR count). The first-order valence-corrected chi connectivity index (χ1v) is 5.03. The Morgan fingerprint density at radius 2 is 2.00 bits per heavy atom. The maximum atomic E-state index is 12.6. The molecule has 88 valence electrons. The number of hydrogen-bond donors (Lipinski definition) is 0. The number of rotatable bonds is 3. The molecule has 1 heterocycles. The van der Waals surface area contributed by atoms with Crippen LogP contribution in [0.15, 0.2) is 5.10 Å². The maximum absolute atomic E-state index is 12.6. The topological polar surface area (TPSA) is 18.8 Å². The summed E-state index contributed by atoms with van der Waals surface area (Å²) in [4.78, 5) is 0.368. The predicted molar refractivity (Wildman–Crippen MR) is 52.0 cm³/mol. The molecule has 0 N–H and O–H groups in total. The third-order valence-electron chi connectivity index (χ3n) is 2.26. The van der Waals surface area contributed by atoms with Gasteiger partial charge in [-0.1, -0.05) is 20.8 Å². The van der Waals surface area contributed by atoms with Crippen LogP contribution in [0.1, 0.15) is 27.2 Å². The average Bonchev–Trinajstić information content (AvgIpc) is 2.47. The van der Waals surface area contributed by atoms with Crippen LogP contribution in [0.25, 0.3) is 0 Å². The SMILES string of the molecule is CCCN1N=CN(C(F)(F)F)C1C(C)C. The number of hydrogen-bond acceptors (Lipinski definition) is 3. The Morgan fingerprint density at radius 1 is 1.40 bits per heavy atom. The summed E-state index contributed by atoms with van der Waals surface area (Å²) in [7, 11) is 0. The van der Waals surface area contributed by atoms with Crippen molar-refractivity contribution >= 4 is 6.34 Å². The van der Waals surface area contributed by atoms with Gasteiger partial charge in [-0.15, -0.1) is 13.2 Å². The lowest BCUT2D eigenvalue weighted by molar-refractivity contribution is -0.239. The predicted octanol–water partition coefficient (Wildman–Crippen LogP) is 2.46. The normalized spacial score (nSPS) is 21.9. The largest absolute Gasteiger partial charge is 0.487 e. The highest BCUT2D eigenvalue weighted by Crippen LogP contribution is 2.30. The van der Waals surface area contributed by atoms with E-state index in [-0.39, 0.29) is 5.92 Å². The Hall–Kier alpha value is -0.940. The van der Waals surface area contributed by atoms with E-state index < -0.39 is 12.5 Å². The lowest BCUT2D eigenvalue weighted by atomic mass is 10.1. The molecule has 1 aliphatic rings. The zero-order valence-corrected chi connectivity index (χ0v) is 9.12. The van der Waals surface area contributed by atoms with Crippen LogP contribution in [0.3, 0.4) is 0 Å². The van der Waals surface area contributed by atoms with Crippen molar-refractivity contribution in [3.8, 4) is 0 Å². The van der Waals surface area contributed by atoms with Crippen LogP contribution < -0.4 is 0 Å². The first kappa shape index (κ1) is 12.1. The molecule has 0 fully saturated rings. The van der Waals surface area contributed by atoms with Crippen molar-refractivity contribution in [2.24, 2.45) is 11.0 Å². The van der Waals surface area contributed by atoms with Crippen LogP contribution >= 0.6 is 0 Å². The van der Waals surface area contributed by atoms with E-state index >= 15 is 0 Å². The molecular formula is C9H16F3N3. The molecule has 0 aromatic carbocycles. The van der Waals surface area contributed by atoms with Gasteiger partial charge in [0.1, 0.15) is 12.5 Å². The fraction of sp³-hybridized carbons (Fsp3) is 0.889. The number of halogens is 3. The Bertz CT molecular complexity index is 237. The van der Waals surface area contributed by atoms with Gasteiger partial charge in [0.25, 0.3) is 0 Å². The molecule has 0 spiro atoms. The number of alkyl halides is 3. The summed E-state index contributed by atoms with van der Waals surface area (Å²) >= 11 is 0. The van der Waals surface area contributed by atoms with E-state index in [0.29, 0.717) is 11.4 Å². The van der Waals surface area contributed by atoms with E-state index in [1.165, 1.54) is 5.01 Å². The molecule has 0 aromatic heterocycles. The van der Waals surface area contributed by atoms with Gasteiger partial charge in [0.2, 0.25) is 0 Å². The zero-order valence-electron chi connectivity index (χ0n) is 9.12. The van der Waals surface area contributed by atoms with Crippen molar-refractivity contribution in [3.05, 3.63) is 0 Å². The Balaban J connectivity index is 2.80. The van der Waals surface area contributed by atoms with Crippen LogP contribution in [0.5, 0.6) is 0 Å². The summed E-state index contributed by atoms with van der Waals surface area (Å²) in [5.74, 6) is -0.124. The molecule has 0 bridgehead atoms. The summed E-state index contributed by atoms with van der Waals surface area (Å²) in [6.07, 6.45) is -3.39. The number of nitrogens with zero attached hydrogens (tertiary/aromatic N) is 3. The molecule has 1 atom stereocenters. The molecule has 0 amide bonds. The average molecular weight is 223 g/mol. The van der Waals surface area contributed by atoms with Crippen molar-refractivity contribution in [3.63, 3.8) is 0 Å². The van der Waals surface area contributed by atoms with Crippen molar-refractivity contribution < 1.29 is 13.2 Å². The third-order valence-corrected chi connectivity index (χ3v) is 2.26. The van der Waals surface area contributed by atoms with Gasteiger partial charge in [-0.05, 0) is 12.3 Å². The van der Waals surface area contributed by atoms with Gasteiger partial charge in [-0.25, -0.2) is 0 Å². The first-order valence-electron chi connectivity index (χ1n) is 5.03. The number of hydrazone groups is 1. The summed E-state index contributed by atoms with van der Waals surface area (Å²) in [6, 6.07) is 0. The van der Waals surface area contributed by atoms with Crippen LogP contribution in [0, 0.1) is 5.92 Å². The van der Waals surface area contributed by atoms with Crippen molar-refractivity contribution in [1.82, 2.24) is 9.91 Å². The highest BCUT2D eigenvalue weighted by molar-refractivity contribution is 5.57. The molecule has 0 radical (unpaired) electrons. The van der Waals surface area contributed by atoms with Crippen molar-refractivity contribution in [2.45, 2.75) is 39.7 Å². The van der Waals surface area contributed by atoms with Crippen LogP contribution in [0.2, 0.25) is 0 Å². The summed E-state index contributed by atoms with van der Waals surface area (Å²) in [5, 5.41) is 5.29. The van der Waals surface area contributed by atoms with E-state index in [4.69, 9.17) is 0 Å². The molecule has 3 nitrogen and oxygen atoms in total. The van der Waals surface area contributed by atoms with Gasteiger partial charge < -0.3 is 0 Å². The minimum absolute atomic E-state index is 0.124. The Kier molecular flexibility index (Phi) is 3.46. The van der Waals surface area contributed by atoms with Crippen molar-refractivity contribution in [1.29, 1.82) is 0 Å². The molecule has 1 unspecified atom stereocenters. The summed E-state index contributed by atoms with van der Waals surface area (Å²) in [6.45, 7) is 6.00. The fourth-order valence-corrected chi connectivity index (χ4v) is 1.70. The van der Waals surface area contributed by atoms with Gasteiger partial charge >= 0.3 is 6.30 Å². The highest BCUT2D eigenvalue weighted by Gasteiger charge is 2.46. The van der Waals surface area contributed by atoms with Gasteiger partial charge in [0, 0.05) is 6.54 Å². The maximum Gasteiger partial charge on any atom is 0.487 e. The van der Waals surface area contributed by atoms with Crippen LogP contribution in [-0.2, 0) is 0 Å². The monoisotopic (exact) mass is 223 g/mol. The minimum Gasteiger partial charge on any atom is -0.273 e. The zero-order chi connectivity index (χ0) is 11.6. The van der Waals surface area contributed by atoms with Gasteiger partial charge in [-0.2, -0.15) is 5.10 Å². The van der Waals surface area contributed by atoms with Crippen LogP contribution in [0.4, 0.5) is 13.2 Å². The van der Waals surface area contributed by atoms with Crippen LogP contribution in [-0.4, -0.2) is 35.3 Å². The quantitative estimate of drug-likeness (QED) is 0.684.